The number of alkyl halides is 2. The van der Waals surface area contributed by atoms with Gasteiger partial charge < -0.3 is 5.32 Å². The van der Waals surface area contributed by atoms with Crippen LogP contribution in [0.1, 0.15) is 53.2 Å². The molecule has 4 rings (SSSR count). The van der Waals surface area contributed by atoms with E-state index >= 15 is 0 Å². The first-order chi connectivity index (χ1) is 15.7. The van der Waals surface area contributed by atoms with Crippen LogP contribution in [0.4, 0.5) is 17.6 Å². The van der Waals surface area contributed by atoms with Crippen LogP contribution in [0.5, 0.6) is 0 Å². The van der Waals surface area contributed by atoms with E-state index in [-0.39, 0.29) is 54.6 Å². The van der Waals surface area contributed by atoms with E-state index < -0.39 is 23.5 Å². The normalized spacial score (nSPS) is 15.9. The van der Waals surface area contributed by atoms with Crippen LogP contribution in [-0.2, 0) is 6.54 Å². The largest absolute Gasteiger partial charge is 0.348 e. The van der Waals surface area contributed by atoms with Crippen molar-refractivity contribution < 1.29 is 22.4 Å². The second kappa shape index (κ2) is 9.43. The highest BCUT2D eigenvalue weighted by Crippen LogP contribution is 2.42. The lowest BCUT2D eigenvalue weighted by Crippen LogP contribution is -2.27. The number of halogens is 5. The lowest BCUT2D eigenvalue weighted by atomic mass is 9.81. The van der Waals surface area contributed by atoms with Crippen LogP contribution in [0, 0.1) is 11.6 Å². The second-order valence-electron chi connectivity index (χ2n) is 7.90. The molecule has 1 amide bonds. The third-order valence-corrected chi connectivity index (χ3v) is 5.91. The molecule has 10 heteroatoms. The molecule has 2 aromatic heterocycles. The number of aromatic nitrogens is 3. The number of benzene rings is 1. The zero-order chi connectivity index (χ0) is 23.6. The number of amides is 1. The predicted octanol–water partition coefficient (Wildman–Crippen LogP) is 5.69. The van der Waals surface area contributed by atoms with Crippen LogP contribution >= 0.6 is 11.6 Å². The van der Waals surface area contributed by atoms with Gasteiger partial charge in [0.15, 0.2) is 0 Å². The summed E-state index contributed by atoms with van der Waals surface area (Å²) in [5.41, 5.74) is 1.42. The maximum Gasteiger partial charge on any atom is 0.254 e. The van der Waals surface area contributed by atoms with Gasteiger partial charge >= 0.3 is 0 Å². The van der Waals surface area contributed by atoms with Gasteiger partial charge in [-0.15, -0.1) is 0 Å². The molecule has 0 aliphatic heterocycles. The molecule has 5 nitrogen and oxygen atoms in total. The molecule has 1 saturated carbocycles. The van der Waals surface area contributed by atoms with Gasteiger partial charge in [-0.2, -0.15) is 0 Å². The number of hydrogen-bond donors (Lipinski definition) is 1. The number of nitrogens with zero attached hydrogens (tertiary/aromatic N) is 3. The fraction of sp³-hybridized carbons (Fsp3) is 0.304. The van der Waals surface area contributed by atoms with Gasteiger partial charge in [-0.1, -0.05) is 0 Å². The van der Waals surface area contributed by atoms with Gasteiger partial charge in [-0.25, -0.2) is 27.5 Å². The van der Waals surface area contributed by atoms with Crippen molar-refractivity contribution in [1.82, 2.24) is 20.3 Å². The molecule has 2 heterocycles. The summed E-state index contributed by atoms with van der Waals surface area (Å²) in [4.78, 5) is 24.5. The van der Waals surface area contributed by atoms with Gasteiger partial charge in [0.1, 0.15) is 11.6 Å². The molecule has 33 heavy (non-hydrogen) atoms. The number of hydrogen-bond acceptors (Lipinski definition) is 4. The zero-order valence-electron chi connectivity index (χ0n) is 17.3. The van der Waals surface area contributed by atoms with E-state index in [9.17, 15) is 22.4 Å². The van der Waals surface area contributed by atoms with Gasteiger partial charge in [0.05, 0.1) is 5.56 Å². The van der Waals surface area contributed by atoms with Crippen LogP contribution < -0.4 is 5.32 Å². The number of rotatable bonds is 5. The Balaban J connectivity index is 1.70. The van der Waals surface area contributed by atoms with Crippen molar-refractivity contribution in [2.24, 2.45) is 0 Å². The number of pyridine rings is 1. The summed E-state index contributed by atoms with van der Waals surface area (Å²) in [7, 11) is 0. The Morgan fingerprint density at radius 1 is 1.06 bits per heavy atom. The Morgan fingerprint density at radius 3 is 2.45 bits per heavy atom. The molecule has 0 saturated heterocycles. The quantitative estimate of drug-likeness (QED) is 0.377. The van der Waals surface area contributed by atoms with Crippen molar-refractivity contribution in [3.63, 3.8) is 0 Å². The molecule has 1 fully saturated rings. The molecular formula is C23H19ClF4N4O. The standard InChI is InChI=1S/C23H19ClF4N4O/c24-22-31-10-14(11-32-22)21(33)30-12-18-16(17-9-15(25)1-2-19(17)26)5-8-29-20(18)13-3-6-23(27,28)7-4-13/h1-2,5,8-11,13H,3-4,6-7,12H2,(H,30,33). The molecule has 0 spiro atoms. The van der Waals surface area contributed by atoms with Gasteiger partial charge in [0.2, 0.25) is 11.2 Å². The molecule has 0 radical (unpaired) electrons. The topological polar surface area (TPSA) is 67.8 Å². The van der Waals surface area contributed by atoms with Crippen LogP contribution in [-0.4, -0.2) is 26.8 Å². The minimum atomic E-state index is -2.73. The van der Waals surface area contributed by atoms with E-state index in [0.29, 0.717) is 16.8 Å². The molecule has 0 atom stereocenters. The molecule has 1 N–H and O–H groups in total. The fourth-order valence-corrected chi connectivity index (χ4v) is 4.11. The van der Waals surface area contributed by atoms with Crippen molar-refractivity contribution in [1.29, 1.82) is 0 Å². The van der Waals surface area contributed by atoms with Crippen LogP contribution in [0.15, 0.2) is 42.9 Å². The van der Waals surface area contributed by atoms with Gasteiger partial charge in [0.25, 0.3) is 5.91 Å². The van der Waals surface area contributed by atoms with Crippen molar-refractivity contribution in [3.8, 4) is 11.1 Å². The molecule has 0 bridgehead atoms. The molecule has 1 aromatic carbocycles. The average Bonchev–Trinajstić information content (AvgIpc) is 2.79. The van der Waals surface area contributed by atoms with Crippen LogP contribution in [0.2, 0.25) is 5.28 Å². The van der Waals surface area contributed by atoms with Crippen molar-refractivity contribution in [2.75, 3.05) is 0 Å². The highest BCUT2D eigenvalue weighted by atomic mass is 35.5. The Labute approximate surface area is 192 Å². The smallest absolute Gasteiger partial charge is 0.254 e. The van der Waals surface area contributed by atoms with E-state index in [1.54, 1.807) is 0 Å². The number of nitrogens with one attached hydrogen (secondary N) is 1. The monoisotopic (exact) mass is 478 g/mol. The zero-order valence-corrected chi connectivity index (χ0v) is 18.0. The highest BCUT2D eigenvalue weighted by Gasteiger charge is 2.36. The maximum absolute atomic E-state index is 14.6. The van der Waals surface area contributed by atoms with Crippen molar-refractivity contribution in [2.45, 2.75) is 44.1 Å². The first-order valence-electron chi connectivity index (χ1n) is 10.3. The lowest BCUT2D eigenvalue weighted by molar-refractivity contribution is -0.0385. The first-order valence-corrected chi connectivity index (χ1v) is 10.7. The Kier molecular flexibility index (Phi) is 6.60. The summed E-state index contributed by atoms with van der Waals surface area (Å²) in [6.45, 7) is -0.0805. The maximum atomic E-state index is 14.6. The van der Waals surface area contributed by atoms with E-state index in [2.05, 4.69) is 20.3 Å². The van der Waals surface area contributed by atoms with E-state index in [1.165, 1.54) is 24.7 Å². The SMILES string of the molecule is O=C(NCc1c(-c2cc(F)ccc2F)ccnc1C1CCC(F)(F)CC1)c1cnc(Cl)nc1. The molecule has 3 aromatic rings. The molecule has 1 aliphatic carbocycles. The highest BCUT2D eigenvalue weighted by molar-refractivity contribution is 6.28. The Morgan fingerprint density at radius 2 is 1.76 bits per heavy atom. The minimum absolute atomic E-state index is 0.00105. The Hall–Kier alpha value is -3.07. The lowest BCUT2D eigenvalue weighted by Gasteiger charge is -2.29. The summed E-state index contributed by atoms with van der Waals surface area (Å²) >= 11 is 5.65. The van der Waals surface area contributed by atoms with E-state index in [0.717, 1.165) is 18.2 Å². The summed E-state index contributed by atoms with van der Waals surface area (Å²) in [5, 5.41) is 2.69. The van der Waals surface area contributed by atoms with Crippen LogP contribution in [0.3, 0.4) is 0 Å². The van der Waals surface area contributed by atoms with Gasteiger partial charge in [-0.05, 0) is 54.3 Å². The molecular weight excluding hydrogens is 460 g/mol. The summed E-state index contributed by atoms with van der Waals surface area (Å²) in [5.74, 6) is -4.82. The minimum Gasteiger partial charge on any atom is -0.348 e. The van der Waals surface area contributed by atoms with Crippen LogP contribution in [0.25, 0.3) is 11.1 Å². The van der Waals surface area contributed by atoms with E-state index in [1.807, 2.05) is 0 Å². The first kappa shape index (κ1) is 23.1. The van der Waals surface area contributed by atoms with Crippen molar-refractivity contribution >= 4 is 17.5 Å². The van der Waals surface area contributed by atoms with E-state index in [4.69, 9.17) is 11.6 Å². The number of carbonyl (C=O) groups is 1. The third-order valence-electron chi connectivity index (χ3n) is 5.72. The van der Waals surface area contributed by atoms with Gasteiger partial charge in [0, 0.05) is 60.7 Å². The average molecular weight is 479 g/mol. The molecule has 1 aliphatic rings. The molecule has 172 valence electrons. The Bertz CT molecular complexity index is 1160. The number of carbonyl (C=O) groups excluding carboxylic acids is 1. The predicted molar refractivity (Wildman–Crippen MR) is 114 cm³/mol. The fourth-order valence-electron chi connectivity index (χ4n) is 4.02. The molecule has 0 unspecified atom stereocenters. The third kappa shape index (κ3) is 5.30. The second-order valence-corrected chi connectivity index (χ2v) is 8.24. The van der Waals surface area contributed by atoms with Gasteiger partial charge in [-0.3, -0.25) is 9.78 Å². The summed E-state index contributed by atoms with van der Waals surface area (Å²) < 4.78 is 56.0. The summed E-state index contributed by atoms with van der Waals surface area (Å²) in [6, 6.07) is 4.60. The summed E-state index contributed by atoms with van der Waals surface area (Å²) in [6.07, 6.45) is 3.77. The van der Waals surface area contributed by atoms with Crippen molar-refractivity contribution in [3.05, 3.63) is 76.6 Å².